The topological polar surface area (TPSA) is 38.9 Å². The molecule has 0 radical (unpaired) electrons. The third kappa shape index (κ3) is 5.16. The molecule has 8 rings (SSSR count). The Bertz CT molecular complexity index is 2330. The second kappa shape index (κ2) is 11.5. The van der Waals surface area contributed by atoms with Crippen LogP contribution >= 0.6 is 27.3 Å². The molecule has 222 valence electrons. The van der Waals surface area contributed by atoms with E-state index in [4.69, 9.17) is 14.4 Å². The van der Waals surface area contributed by atoms with Crippen molar-refractivity contribution in [2.45, 2.75) is 20.8 Å². The van der Waals surface area contributed by atoms with Crippen LogP contribution in [0.2, 0.25) is 0 Å². The van der Waals surface area contributed by atoms with E-state index >= 15 is 0 Å². The van der Waals surface area contributed by atoms with Gasteiger partial charge in [0.05, 0.1) is 38.4 Å². The molecule has 5 heteroatoms. The lowest BCUT2D eigenvalue weighted by atomic mass is 10.0. The first-order valence-electron chi connectivity index (χ1n) is 15.3. The lowest BCUT2D eigenvalue weighted by Gasteiger charge is -2.06. The molecule has 46 heavy (non-hydrogen) atoms. The van der Waals surface area contributed by atoms with Gasteiger partial charge in [-0.15, -0.1) is 11.3 Å². The number of nitrogens with zero attached hydrogens (tertiary/aromatic N) is 2. The van der Waals surface area contributed by atoms with Crippen LogP contribution in [0.25, 0.3) is 78.3 Å². The van der Waals surface area contributed by atoms with Crippen molar-refractivity contribution in [3.05, 3.63) is 141 Å². The Kier molecular flexibility index (Phi) is 7.16. The van der Waals surface area contributed by atoms with Crippen molar-refractivity contribution in [1.29, 1.82) is 0 Å². The van der Waals surface area contributed by atoms with Gasteiger partial charge in [-0.2, -0.15) is 0 Å². The van der Waals surface area contributed by atoms with E-state index in [1.807, 2.05) is 0 Å². The second-order valence-corrected chi connectivity index (χ2v) is 13.7. The highest BCUT2D eigenvalue weighted by Gasteiger charge is 2.18. The molecule has 0 fully saturated rings. The Morgan fingerprint density at radius 2 is 0.848 bits per heavy atom. The summed E-state index contributed by atoms with van der Waals surface area (Å²) < 4.78 is 10.0. The standard InChI is InChI=1S/C41H29BrN2OS/c1-24-4-10-27(11-5-24)38-30-16-17-32(43-30)40(29-14-8-26(3)9-15-29)36-22-23-37(46-36)41(42)33-19-18-31(44-33)39(35-21-20-34(38)45-35)28-12-6-25(2)7-13-28/h4-23H,1-3H3. The molecular weight excluding hydrogens is 648 g/mol. The summed E-state index contributed by atoms with van der Waals surface area (Å²) in [5.74, 6) is 0. The Hall–Kier alpha value is -4.84. The number of halogens is 1. The number of furan rings is 1. The molecule has 2 aliphatic heterocycles. The molecular formula is C41H29BrN2OS. The van der Waals surface area contributed by atoms with Crippen molar-refractivity contribution >= 4 is 72.1 Å². The van der Waals surface area contributed by atoms with Gasteiger partial charge in [-0.3, -0.25) is 0 Å². The summed E-state index contributed by atoms with van der Waals surface area (Å²) in [6.45, 7) is 6.32. The van der Waals surface area contributed by atoms with Crippen molar-refractivity contribution in [2.75, 3.05) is 0 Å². The third-order valence-corrected chi connectivity index (χ3v) is 10.7. The lowest BCUT2D eigenvalue weighted by molar-refractivity contribution is 0.667. The predicted molar refractivity (Wildman–Crippen MR) is 199 cm³/mol. The van der Waals surface area contributed by atoms with Crippen LogP contribution in [0.4, 0.5) is 0 Å². The number of benzene rings is 3. The van der Waals surface area contributed by atoms with Crippen molar-refractivity contribution in [2.24, 2.45) is 0 Å². The SMILES string of the molecule is Cc1ccc(-c2c3nc(c(Br)c4ccc(s4)c(-c4ccc(C)cc4)c4nc(c(-c5ccc(C)cc5)c5ccc2o5)C=C4)C=C3)cc1. The lowest BCUT2D eigenvalue weighted by Crippen LogP contribution is -1.87. The van der Waals surface area contributed by atoms with Crippen molar-refractivity contribution in [1.82, 2.24) is 9.97 Å². The third-order valence-electron chi connectivity index (χ3n) is 8.46. The van der Waals surface area contributed by atoms with Crippen LogP contribution in [0, 0.1) is 20.8 Å². The minimum Gasteiger partial charge on any atom is -0.456 e. The number of aromatic nitrogens is 2. The number of rotatable bonds is 3. The monoisotopic (exact) mass is 676 g/mol. The highest BCUT2D eigenvalue weighted by molar-refractivity contribution is 9.10. The first kappa shape index (κ1) is 28.6. The zero-order chi connectivity index (χ0) is 31.4. The average molecular weight is 678 g/mol. The number of hydrogen-bond donors (Lipinski definition) is 0. The van der Waals surface area contributed by atoms with E-state index in [1.54, 1.807) is 11.3 Å². The molecule has 0 amide bonds. The van der Waals surface area contributed by atoms with E-state index in [9.17, 15) is 0 Å². The van der Waals surface area contributed by atoms with Crippen molar-refractivity contribution in [3.63, 3.8) is 0 Å². The van der Waals surface area contributed by atoms with Gasteiger partial charge in [-0.1, -0.05) is 89.5 Å². The Balaban J connectivity index is 1.54. The van der Waals surface area contributed by atoms with Crippen LogP contribution in [0.3, 0.4) is 0 Å². The summed E-state index contributed by atoms with van der Waals surface area (Å²) >= 11 is 5.65. The number of thiophene rings is 1. The quantitative estimate of drug-likeness (QED) is 0.187. The Labute approximate surface area is 280 Å². The van der Waals surface area contributed by atoms with E-state index in [0.717, 1.165) is 81.2 Å². The molecule has 2 aliphatic rings. The van der Waals surface area contributed by atoms with Gasteiger partial charge in [0.25, 0.3) is 0 Å². The van der Waals surface area contributed by atoms with Crippen molar-refractivity contribution in [3.8, 4) is 33.4 Å². The molecule has 3 aromatic heterocycles. The van der Waals surface area contributed by atoms with Crippen LogP contribution in [0.5, 0.6) is 0 Å². The summed E-state index contributed by atoms with van der Waals surface area (Å²) in [7, 11) is 0. The molecule has 5 heterocycles. The molecule has 3 nitrogen and oxygen atoms in total. The fourth-order valence-electron chi connectivity index (χ4n) is 6.00. The summed E-state index contributed by atoms with van der Waals surface area (Å²) in [6, 6.07) is 34.3. The maximum absolute atomic E-state index is 6.81. The summed E-state index contributed by atoms with van der Waals surface area (Å²) in [5.41, 5.74) is 14.9. The van der Waals surface area contributed by atoms with Gasteiger partial charge < -0.3 is 4.42 Å². The normalized spacial score (nSPS) is 12.2. The van der Waals surface area contributed by atoms with Gasteiger partial charge in [0, 0.05) is 15.0 Å². The van der Waals surface area contributed by atoms with Gasteiger partial charge in [-0.25, -0.2) is 9.97 Å². The van der Waals surface area contributed by atoms with Gasteiger partial charge in [-0.05, 0) is 102 Å². The maximum Gasteiger partial charge on any atom is 0.137 e. The molecule has 0 spiro atoms. The molecule has 0 unspecified atom stereocenters. The van der Waals surface area contributed by atoms with Crippen LogP contribution in [0.1, 0.15) is 39.5 Å². The highest BCUT2D eigenvalue weighted by atomic mass is 79.9. The van der Waals surface area contributed by atoms with Gasteiger partial charge in [0.1, 0.15) is 11.2 Å². The molecule has 0 atom stereocenters. The summed E-state index contributed by atoms with van der Waals surface area (Å²) in [4.78, 5) is 10.5. The zero-order valence-electron chi connectivity index (χ0n) is 25.6. The van der Waals surface area contributed by atoms with E-state index in [-0.39, 0.29) is 0 Å². The molecule has 6 aromatic rings. The molecule has 0 saturated heterocycles. The molecule has 0 aliphatic carbocycles. The van der Waals surface area contributed by atoms with Crippen LogP contribution in [-0.4, -0.2) is 9.97 Å². The smallest absolute Gasteiger partial charge is 0.137 e. The predicted octanol–water partition coefficient (Wildman–Crippen LogP) is 12.3. The van der Waals surface area contributed by atoms with Gasteiger partial charge in [0.15, 0.2) is 0 Å². The second-order valence-electron chi connectivity index (χ2n) is 11.8. The minimum atomic E-state index is 0.758. The zero-order valence-corrected chi connectivity index (χ0v) is 28.0. The Morgan fingerprint density at radius 1 is 0.457 bits per heavy atom. The molecule has 0 N–H and O–H groups in total. The molecule has 0 saturated carbocycles. The van der Waals surface area contributed by atoms with Gasteiger partial charge >= 0.3 is 0 Å². The summed E-state index contributed by atoms with van der Waals surface area (Å²) in [6.07, 6.45) is 8.41. The van der Waals surface area contributed by atoms with E-state index in [0.29, 0.717) is 0 Å². The van der Waals surface area contributed by atoms with Crippen LogP contribution in [0.15, 0.2) is 106 Å². The van der Waals surface area contributed by atoms with E-state index in [1.165, 1.54) is 16.7 Å². The molecule has 3 aromatic carbocycles. The fraction of sp³-hybridized carbons (Fsp3) is 0.0732. The van der Waals surface area contributed by atoms with Crippen molar-refractivity contribution < 1.29 is 4.42 Å². The average Bonchev–Trinajstić information content (AvgIpc) is 3.89. The first-order chi connectivity index (χ1) is 22.4. The van der Waals surface area contributed by atoms with E-state index < -0.39 is 0 Å². The highest BCUT2D eigenvalue weighted by Crippen LogP contribution is 2.40. The largest absolute Gasteiger partial charge is 0.456 e. The van der Waals surface area contributed by atoms with Gasteiger partial charge in [0.2, 0.25) is 0 Å². The number of hydrogen-bond acceptors (Lipinski definition) is 4. The molecule has 8 bridgehead atoms. The minimum absolute atomic E-state index is 0.758. The Morgan fingerprint density at radius 3 is 1.35 bits per heavy atom. The maximum atomic E-state index is 6.81. The number of fused-ring (bicyclic) bond motifs is 8. The first-order valence-corrected chi connectivity index (χ1v) is 16.9. The fourth-order valence-corrected chi connectivity index (χ4v) is 7.62. The van der Waals surface area contributed by atoms with Crippen LogP contribution in [-0.2, 0) is 0 Å². The van der Waals surface area contributed by atoms with Crippen LogP contribution < -0.4 is 0 Å². The number of aryl methyl sites for hydroxylation is 3. The van der Waals surface area contributed by atoms with E-state index in [2.05, 4.69) is 158 Å². The summed E-state index contributed by atoms with van der Waals surface area (Å²) in [5, 5.41) is 0.